The highest BCUT2D eigenvalue weighted by Gasteiger charge is 2.19. The Hall–Kier alpha value is -0.250. The van der Waals surface area contributed by atoms with Crippen LogP contribution in [0.1, 0.15) is 25.7 Å². The first-order valence-electron chi connectivity index (χ1n) is 6.07. The van der Waals surface area contributed by atoms with Crippen LogP contribution in [0.2, 0.25) is 5.02 Å². The fraction of sp³-hybridized carbons (Fsp3) is 0.538. The van der Waals surface area contributed by atoms with E-state index in [0.717, 1.165) is 42.3 Å². The highest BCUT2D eigenvalue weighted by Crippen LogP contribution is 2.27. The van der Waals surface area contributed by atoms with Crippen LogP contribution in [0.5, 0.6) is 5.75 Å². The molecule has 1 aromatic rings. The van der Waals surface area contributed by atoms with Crippen molar-refractivity contribution >= 4 is 27.5 Å². The lowest BCUT2D eigenvalue weighted by Crippen LogP contribution is -2.17. The molecule has 0 heterocycles. The number of benzene rings is 1. The predicted molar refractivity (Wildman–Crippen MR) is 74.9 cm³/mol. The van der Waals surface area contributed by atoms with Gasteiger partial charge in [0.15, 0.2) is 0 Å². The molecule has 1 aromatic carbocycles. The van der Waals surface area contributed by atoms with E-state index in [1.807, 2.05) is 18.2 Å². The van der Waals surface area contributed by atoms with Crippen molar-refractivity contribution in [2.45, 2.75) is 31.7 Å². The molecule has 0 bridgehead atoms. The maximum absolute atomic E-state index is 6.05. The summed E-state index contributed by atoms with van der Waals surface area (Å²) in [6, 6.07) is 6.49. The van der Waals surface area contributed by atoms with Crippen molar-refractivity contribution in [2.24, 2.45) is 0 Å². The number of rotatable bonds is 7. The molecule has 0 spiro atoms. The molecule has 1 fully saturated rings. The highest BCUT2D eigenvalue weighted by molar-refractivity contribution is 9.10. The van der Waals surface area contributed by atoms with Gasteiger partial charge in [0.2, 0.25) is 0 Å². The van der Waals surface area contributed by atoms with Gasteiger partial charge in [-0.05, 0) is 50.4 Å². The third kappa shape index (κ3) is 4.86. The number of hydrogen-bond donors (Lipinski definition) is 1. The molecule has 1 aliphatic rings. The van der Waals surface area contributed by atoms with E-state index in [-0.39, 0.29) is 0 Å². The second kappa shape index (κ2) is 6.62. The predicted octanol–water partition coefficient (Wildman–Crippen LogP) is 4.01. The summed E-state index contributed by atoms with van der Waals surface area (Å²) in [7, 11) is 0. The summed E-state index contributed by atoms with van der Waals surface area (Å²) in [5.74, 6) is 0.769. The lowest BCUT2D eigenvalue weighted by Gasteiger charge is -2.08. The van der Waals surface area contributed by atoms with Crippen molar-refractivity contribution in [3.8, 4) is 5.75 Å². The van der Waals surface area contributed by atoms with Gasteiger partial charge in [0, 0.05) is 10.5 Å². The van der Waals surface area contributed by atoms with Gasteiger partial charge in [0.1, 0.15) is 5.75 Å². The number of halogens is 2. The Balaban J connectivity index is 1.60. The van der Waals surface area contributed by atoms with Gasteiger partial charge < -0.3 is 10.1 Å². The summed E-state index contributed by atoms with van der Waals surface area (Å²) in [5.41, 5.74) is 0. The van der Waals surface area contributed by atoms with E-state index < -0.39 is 0 Å². The van der Waals surface area contributed by atoms with E-state index >= 15 is 0 Å². The summed E-state index contributed by atoms with van der Waals surface area (Å²) >= 11 is 9.42. The fourth-order valence-electron chi connectivity index (χ4n) is 1.60. The molecule has 1 aliphatic carbocycles. The smallest absolute Gasteiger partial charge is 0.137 e. The van der Waals surface area contributed by atoms with E-state index in [4.69, 9.17) is 16.3 Å². The number of nitrogens with one attached hydrogen (secondary N) is 1. The van der Waals surface area contributed by atoms with Gasteiger partial charge in [0.25, 0.3) is 0 Å². The average molecular weight is 319 g/mol. The average Bonchev–Trinajstić information content (AvgIpc) is 3.09. The maximum Gasteiger partial charge on any atom is 0.137 e. The molecule has 17 heavy (non-hydrogen) atoms. The number of hydrogen-bond acceptors (Lipinski definition) is 2. The molecule has 0 saturated heterocycles. The standard InChI is InChI=1S/C13H17BrClNO/c14-10-3-6-13(12(15)9-10)17-8-2-1-7-16-11-4-5-11/h3,6,9,11,16H,1-2,4-5,7-8H2. The second-order valence-corrected chi connectivity index (χ2v) is 5.68. The van der Waals surface area contributed by atoms with Gasteiger partial charge in [0.05, 0.1) is 11.6 Å². The van der Waals surface area contributed by atoms with Crippen LogP contribution in [0.15, 0.2) is 22.7 Å². The molecule has 0 aromatic heterocycles. The Morgan fingerprint density at radius 2 is 2.18 bits per heavy atom. The molecule has 0 aliphatic heterocycles. The minimum absolute atomic E-state index is 0.662. The van der Waals surface area contributed by atoms with Crippen molar-refractivity contribution < 1.29 is 4.74 Å². The Kier molecular flexibility index (Phi) is 5.14. The fourth-order valence-corrected chi connectivity index (χ4v) is 2.32. The third-order valence-corrected chi connectivity index (χ3v) is 3.52. The Bertz CT molecular complexity index is 368. The zero-order valence-electron chi connectivity index (χ0n) is 9.72. The lowest BCUT2D eigenvalue weighted by atomic mass is 10.3. The molecule has 2 nitrogen and oxygen atoms in total. The van der Waals surface area contributed by atoms with Crippen molar-refractivity contribution in [3.63, 3.8) is 0 Å². The van der Waals surface area contributed by atoms with Crippen molar-refractivity contribution in [1.29, 1.82) is 0 Å². The van der Waals surface area contributed by atoms with Crippen LogP contribution >= 0.6 is 27.5 Å². The van der Waals surface area contributed by atoms with E-state index in [1.54, 1.807) is 0 Å². The molecule has 4 heteroatoms. The molecular formula is C13H17BrClNO. The van der Waals surface area contributed by atoms with Gasteiger partial charge in [-0.15, -0.1) is 0 Å². The normalized spacial score (nSPS) is 14.9. The Morgan fingerprint density at radius 1 is 1.35 bits per heavy atom. The summed E-state index contributed by atoms with van der Waals surface area (Å²) in [4.78, 5) is 0. The number of ether oxygens (including phenoxy) is 1. The zero-order valence-corrected chi connectivity index (χ0v) is 12.1. The van der Waals surface area contributed by atoms with Gasteiger partial charge in [-0.3, -0.25) is 0 Å². The molecule has 0 atom stereocenters. The van der Waals surface area contributed by atoms with Crippen molar-refractivity contribution in [1.82, 2.24) is 5.32 Å². The first-order valence-corrected chi connectivity index (χ1v) is 7.24. The van der Waals surface area contributed by atoms with Crippen LogP contribution in [-0.2, 0) is 0 Å². The quantitative estimate of drug-likeness (QED) is 0.767. The van der Waals surface area contributed by atoms with Crippen molar-refractivity contribution in [3.05, 3.63) is 27.7 Å². The minimum atomic E-state index is 0.662. The lowest BCUT2D eigenvalue weighted by molar-refractivity contribution is 0.306. The van der Waals surface area contributed by atoms with Crippen molar-refractivity contribution in [2.75, 3.05) is 13.2 Å². The monoisotopic (exact) mass is 317 g/mol. The Labute approximate surface area is 116 Å². The highest BCUT2D eigenvalue weighted by atomic mass is 79.9. The van der Waals surface area contributed by atoms with E-state index in [2.05, 4.69) is 21.2 Å². The Morgan fingerprint density at radius 3 is 2.88 bits per heavy atom. The zero-order chi connectivity index (χ0) is 12.1. The maximum atomic E-state index is 6.05. The van der Waals surface area contributed by atoms with E-state index in [9.17, 15) is 0 Å². The third-order valence-electron chi connectivity index (χ3n) is 2.73. The van der Waals surface area contributed by atoms with E-state index in [0.29, 0.717) is 5.02 Å². The first kappa shape index (κ1) is 13.2. The van der Waals surface area contributed by atoms with Gasteiger partial charge in [-0.1, -0.05) is 27.5 Å². The summed E-state index contributed by atoms with van der Waals surface area (Å²) in [6.07, 6.45) is 4.92. The van der Waals surface area contributed by atoms with Crippen LogP contribution in [-0.4, -0.2) is 19.2 Å². The second-order valence-electron chi connectivity index (χ2n) is 4.36. The molecule has 2 rings (SSSR count). The topological polar surface area (TPSA) is 21.3 Å². The summed E-state index contributed by atoms with van der Waals surface area (Å²) < 4.78 is 6.61. The van der Waals surface area contributed by atoms with Crippen LogP contribution in [0.4, 0.5) is 0 Å². The van der Waals surface area contributed by atoms with Gasteiger partial charge in [-0.25, -0.2) is 0 Å². The van der Waals surface area contributed by atoms with Crippen LogP contribution in [0, 0.1) is 0 Å². The van der Waals surface area contributed by atoms with Gasteiger partial charge >= 0.3 is 0 Å². The molecule has 1 saturated carbocycles. The van der Waals surface area contributed by atoms with E-state index in [1.165, 1.54) is 12.8 Å². The molecule has 0 amide bonds. The number of unbranched alkanes of at least 4 members (excludes halogenated alkanes) is 1. The first-order chi connectivity index (χ1) is 8.25. The molecule has 1 N–H and O–H groups in total. The molecular weight excluding hydrogens is 302 g/mol. The summed E-state index contributed by atoms with van der Waals surface area (Å²) in [6.45, 7) is 1.83. The van der Waals surface area contributed by atoms with Crippen LogP contribution < -0.4 is 10.1 Å². The summed E-state index contributed by atoms with van der Waals surface area (Å²) in [5, 5.41) is 4.15. The molecule has 0 radical (unpaired) electrons. The van der Waals surface area contributed by atoms with Crippen LogP contribution in [0.3, 0.4) is 0 Å². The SMILES string of the molecule is Clc1cc(Br)ccc1OCCCCNC1CC1. The minimum Gasteiger partial charge on any atom is -0.492 e. The van der Waals surface area contributed by atoms with Gasteiger partial charge in [-0.2, -0.15) is 0 Å². The van der Waals surface area contributed by atoms with Crippen LogP contribution in [0.25, 0.3) is 0 Å². The molecule has 94 valence electrons. The largest absolute Gasteiger partial charge is 0.492 e. The molecule has 0 unspecified atom stereocenters.